The van der Waals surface area contributed by atoms with Crippen molar-refractivity contribution in [2.75, 3.05) is 16.8 Å². The third-order valence-electron chi connectivity index (χ3n) is 6.68. The molecule has 0 aliphatic carbocycles. The summed E-state index contributed by atoms with van der Waals surface area (Å²) in [7, 11) is 0. The standard InChI is InChI=1S/C27H26F6N6/c1-15(2)23-36-19-12-14-39(25-22(27(31,32)33)35-20-5-3-4-6-21(20)37-25)13-11-18(19)24(38-23)34-17-9-7-16(8-10-17)26(28,29)30/h3-10,12,14-15,23-24,34,36,38H,11,13H2,1-2H3. The van der Waals surface area contributed by atoms with Crippen LogP contribution < -0.4 is 20.9 Å². The first-order valence-electron chi connectivity index (χ1n) is 12.4. The van der Waals surface area contributed by atoms with Crippen molar-refractivity contribution in [1.82, 2.24) is 20.6 Å². The Labute approximate surface area is 220 Å². The van der Waals surface area contributed by atoms with Crippen molar-refractivity contribution in [2.24, 2.45) is 5.92 Å². The monoisotopic (exact) mass is 548 g/mol. The largest absolute Gasteiger partial charge is 0.437 e. The molecule has 206 valence electrons. The van der Waals surface area contributed by atoms with Crippen molar-refractivity contribution in [3.8, 4) is 0 Å². The molecule has 3 heterocycles. The lowest BCUT2D eigenvalue weighted by atomic mass is 10.00. The number of nitrogens with zero attached hydrogens (tertiary/aromatic N) is 3. The van der Waals surface area contributed by atoms with Crippen LogP contribution >= 0.6 is 0 Å². The molecule has 2 aliphatic heterocycles. The molecule has 3 N–H and O–H groups in total. The fraction of sp³-hybridized carbons (Fsp3) is 0.333. The van der Waals surface area contributed by atoms with Gasteiger partial charge in [-0.1, -0.05) is 26.0 Å². The van der Waals surface area contributed by atoms with E-state index in [4.69, 9.17) is 0 Å². The highest BCUT2D eigenvalue weighted by atomic mass is 19.4. The molecule has 0 amide bonds. The average Bonchev–Trinajstić information content (AvgIpc) is 3.10. The smallest absolute Gasteiger partial charge is 0.369 e. The molecule has 2 aliphatic rings. The highest BCUT2D eigenvalue weighted by molar-refractivity contribution is 5.77. The van der Waals surface area contributed by atoms with Crippen molar-refractivity contribution >= 4 is 22.5 Å². The molecule has 5 rings (SSSR count). The van der Waals surface area contributed by atoms with E-state index in [2.05, 4.69) is 25.9 Å². The molecule has 2 aromatic carbocycles. The maximum atomic E-state index is 14.0. The van der Waals surface area contributed by atoms with Gasteiger partial charge in [0.15, 0.2) is 11.5 Å². The second-order valence-corrected chi connectivity index (χ2v) is 9.77. The molecule has 0 spiro atoms. The Morgan fingerprint density at radius 3 is 2.21 bits per heavy atom. The number of benzene rings is 2. The zero-order valence-electron chi connectivity index (χ0n) is 21.0. The summed E-state index contributed by atoms with van der Waals surface area (Å²) in [5, 5.41) is 10.1. The van der Waals surface area contributed by atoms with Crippen LogP contribution in [0.2, 0.25) is 0 Å². The number of rotatable bonds is 4. The highest BCUT2D eigenvalue weighted by Gasteiger charge is 2.39. The van der Waals surface area contributed by atoms with E-state index in [1.165, 1.54) is 23.1 Å². The van der Waals surface area contributed by atoms with E-state index < -0.39 is 29.8 Å². The van der Waals surface area contributed by atoms with Crippen LogP contribution in [0.4, 0.5) is 37.8 Å². The first-order valence-corrected chi connectivity index (χ1v) is 12.4. The predicted octanol–water partition coefficient (Wildman–Crippen LogP) is 6.26. The lowest BCUT2D eigenvalue weighted by Gasteiger charge is -2.38. The number of alkyl halides is 6. The Bertz CT molecular complexity index is 1410. The van der Waals surface area contributed by atoms with Crippen LogP contribution in [0.1, 0.15) is 31.5 Å². The van der Waals surface area contributed by atoms with Crippen molar-refractivity contribution in [1.29, 1.82) is 0 Å². The highest BCUT2D eigenvalue weighted by Crippen LogP contribution is 2.37. The van der Waals surface area contributed by atoms with Gasteiger partial charge in [0, 0.05) is 24.1 Å². The number of hydrogen-bond acceptors (Lipinski definition) is 6. The Morgan fingerprint density at radius 2 is 1.59 bits per heavy atom. The van der Waals surface area contributed by atoms with Crippen LogP contribution in [0.15, 0.2) is 72.1 Å². The molecule has 0 fully saturated rings. The molecule has 3 aromatic rings. The Morgan fingerprint density at radius 1 is 0.923 bits per heavy atom. The Hall–Kier alpha value is -3.80. The van der Waals surface area contributed by atoms with Crippen LogP contribution in [0.25, 0.3) is 11.0 Å². The fourth-order valence-corrected chi connectivity index (χ4v) is 4.62. The molecule has 2 unspecified atom stereocenters. The maximum absolute atomic E-state index is 14.0. The topological polar surface area (TPSA) is 65.1 Å². The molecule has 6 nitrogen and oxygen atoms in total. The average molecular weight is 549 g/mol. The minimum absolute atomic E-state index is 0.131. The van der Waals surface area contributed by atoms with E-state index in [1.807, 2.05) is 13.8 Å². The summed E-state index contributed by atoms with van der Waals surface area (Å²) in [5.74, 6) is -0.162. The Balaban J connectivity index is 1.46. The van der Waals surface area contributed by atoms with Gasteiger partial charge in [0.05, 0.1) is 22.8 Å². The normalized spacial score (nSPS) is 20.2. The zero-order chi connectivity index (χ0) is 27.9. The van der Waals surface area contributed by atoms with Gasteiger partial charge < -0.3 is 15.5 Å². The molecular formula is C27H26F6N6. The number of aromatic nitrogens is 2. The third-order valence-corrected chi connectivity index (χ3v) is 6.68. The molecule has 0 saturated carbocycles. The predicted molar refractivity (Wildman–Crippen MR) is 136 cm³/mol. The fourth-order valence-electron chi connectivity index (χ4n) is 4.62. The summed E-state index contributed by atoms with van der Waals surface area (Å²) in [5.41, 5.74) is 0.692. The van der Waals surface area contributed by atoms with E-state index in [1.54, 1.807) is 30.5 Å². The summed E-state index contributed by atoms with van der Waals surface area (Å²) >= 11 is 0. The van der Waals surface area contributed by atoms with Crippen molar-refractivity contribution < 1.29 is 26.3 Å². The maximum Gasteiger partial charge on any atom is 0.437 e. The third kappa shape index (κ3) is 5.65. The van der Waals surface area contributed by atoms with E-state index in [-0.39, 0.29) is 30.0 Å². The number of allylic oxidation sites excluding steroid dienone is 1. The van der Waals surface area contributed by atoms with Gasteiger partial charge in [-0.05, 0) is 60.4 Å². The summed E-state index contributed by atoms with van der Waals surface area (Å²) < 4.78 is 81.1. The second kappa shape index (κ2) is 10.1. The van der Waals surface area contributed by atoms with E-state index in [9.17, 15) is 26.3 Å². The first-order chi connectivity index (χ1) is 18.4. The molecule has 39 heavy (non-hydrogen) atoms. The molecule has 12 heteroatoms. The molecule has 0 radical (unpaired) electrons. The van der Waals surface area contributed by atoms with Crippen LogP contribution in [0.3, 0.4) is 0 Å². The van der Waals surface area contributed by atoms with Gasteiger partial charge in [0.25, 0.3) is 0 Å². The summed E-state index contributed by atoms with van der Waals surface area (Å²) in [6.45, 7) is 4.17. The van der Waals surface area contributed by atoms with E-state index in [0.717, 1.165) is 23.4 Å². The van der Waals surface area contributed by atoms with Crippen molar-refractivity contribution in [3.05, 3.63) is 83.3 Å². The van der Waals surface area contributed by atoms with Crippen LogP contribution in [-0.2, 0) is 12.4 Å². The number of hydrogen-bond donors (Lipinski definition) is 3. The molecule has 0 saturated heterocycles. The van der Waals surface area contributed by atoms with Gasteiger partial charge >= 0.3 is 12.4 Å². The quantitative estimate of drug-likeness (QED) is 0.335. The van der Waals surface area contributed by atoms with Gasteiger partial charge in [0.2, 0.25) is 0 Å². The lowest BCUT2D eigenvalue weighted by Crippen LogP contribution is -2.57. The number of para-hydroxylation sites is 2. The number of fused-ring (bicyclic) bond motifs is 1. The SMILES string of the molecule is CC(C)C1NC2=C(CCN(c3nc4ccccc4nc3C(F)(F)F)C=C2)C(Nc2ccc(C(F)(F)F)cc2)N1. The lowest BCUT2D eigenvalue weighted by molar-refractivity contribution is -0.140. The van der Waals surface area contributed by atoms with Crippen LogP contribution in [0.5, 0.6) is 0 Å². The first kappa shape index (κ1) is 26.8. The molecular weight excluding hydrogens is 522 g/mol. The number of halogens is 6. The summed E-state index contributed by atoms with van der Waals surface area (Å²) in [6, 6.07) is 11.1. The van der Waals surface area contributed by atoms with Crippen molar-refractivity contribution in [3.63, 3.8) is 0 Å². The molecule has 2 atom stereocenters. The Kier molecular flexibility index (Phi) is 6.91. The minimum atomic E-state index is -4.71. The van der Waals surface area contributed by atoms with E-state index in [0.29, 0.717) is 17.6 Å². The van der Waals surface area contributed by atoms with Gasteiger partial charge in [-0.3, -0.25) is 5.32 Å². The minimum Gasteiger partial charge on any atom is -0.369 e. The van der Waals surface area contributed by atoms with Crippen LogP contribution in [-0.4, -0.2) is 28.8 Å². The zero-order valence-corrected chi connectivity index (χ0v) is 21.0. The number of anilines is 2. The van der Waals surface area contributed by atoms with Gasteiger partial charge in [0.1, 0.15) is 6.17 Å². The molecule has 1 aromatic heterocycles. The van der Waals surface area contributed by atoms with Crippen molar-refractivity contribution in [2.45, 2.75) is 45.0 Å². The van der Waals surface area contributed by atoms with Crippen LogP contribution in [0, 0.1) is 5.92 Å². The van der Waals surface area contributed by atoms with Gasteiger partial charge in [-0.25, -0.2) is 9.97 Å². The second-order valence-electron chi connectivity index (χ2n) is 9.77. The van der Waals surface area contributed by atoms with Gasteiger partial charge in [-0.2, -0.15) is 26.3 Å². The molecule has 0 bridgehead atoms. The summed E-state index contributed by atoms with van der Waals surface area (Å²) in [6.07, 6.45) is -6.22. The summed E-state index contributed by atoms with van der Waals surface area (Å²) in [4.78, 5) is 9.62. The van der Waals surface area contributed by atoms with E-state index >= 15 is 0 Å². The number of nitrogens with one attached hydrogen (secondary N) is 3. The van der Waals surface area contributed by atoms with Gasteiger partial charge in [-0.15, -0.1) is 0 Å².